The minimum Gasteiger partial charge on any atom is -0.480 e. The van der Waals surface area contributed by atoms with E-state index in [1.54, 1.807) is 0 Å². The van der Waals surface area contributed by atoms with Gasteiger partial charge in [-0.25, -0.2) is 0 Å². The van der Waals surface area contributed by atoms with E-state index in [0.717, 1.165) is 13.1 Å². The van der Waals surface area contributed by atoms with E-state index >= 15 is 0 Å². The van der Waals surface area contributed by atoms with E-state index in [4.69, 9.17) is 10.8 Å². The lowest BCUT2D eigenvalue weighted by Crippen LogP contribution is -2.39. The molecular formula is C11H23N3O2. The molecule has 0 aromatic rings. The van der Waals surface area contributed by atoms with Crippen LogP contribution in [0.15, 0.2) is 0 Å². The van der Waals surface area contributed by atoms with Gasteiger partial charge in [0, 0.05) is 12.6 Å². The molecule has 16 heavy (non-hydrogen) atoms. The molecule has 0 spiro atoms. The van der Waals surface area contributed by atoms with Crippen molar-refractivity contribution in [3.8, 4) is 0 Å². The van der Waals surface area contributed by atoms with Gasteiger partial charge in [-0.15, -0.1) is 0 Å². The van der Waals surface area contributed by atoms with E-state index in [9.17, 15) is 4.79 Å². The van der Waals surface area contributed by atoms with Crippen molar-refractivity contribution < 1.29 is 9.90 Å². The standard InChI is InChI=1S/C11H23N3O2/c1-13(7-5-10(12)11(15)16)8-9-4-3-6-14(9)2/h9-10H,3-8,12H2,1-2H3,(H,15,16). The molecule has 2 unspecified atom stereocenters. The monoisotopic (exact) mass is 229 g/mol. The van der Waals surface area contributed by atoms with Crippen molar-refractivity contribution in [3.63, 3.8) is 0 Å². The van der Waals surface area contributed by atoms with Crippen molar-refractivity contribution in [3.05, 3.63) is 0 Å². The Bertz CT molecular complexity index is 235. The highest BCUT2D eigenvalue weighted by molar-refractivity contribution is 5.72. The Hall–Kier alpha value is -0.650. The molecule has 1 saturated heterocycles. The number of aliphatic carboxylic acids is 1. The maximum Gasteiger partial charge on any atom is 0.320 e. The van der Waals surface area contributed by atoms with Crippen LogP contribution in [0.5, 0.6) is 0 Å². The van der Waals surface area contributed by atoms with Crippen molar-refractivity contribution in [2.45, 2.75) is 31.3 Å². The van der Waals surface area contributed by atoms with Gasteiger partial charge in [0.2, 0.25) is 0 Å². The summed E-state index contributed by atoms with van der Waals surface area (Å²) < 4.78 is 0. The topological polar surface area (TPSA) is 69.8 Å². The summed E-state index contributed by atoms with van der Waals surface area (Å²) >= 11 is 0. The summed E-state index contributed by atoms with van der Waals surface area (Å²) in [6.45, 7) is 2.92. The Balaban J connectivity index is 2.20. The Morgan fingerprint density at radius 3 is 2.88 bits per heavy atom. The first kappa shape index (κ1) is 13.4. The smallest absolute Gasteiger partial charge is 0.320 e. The minimum absolute atomic E-state index is 0.516. The average molecular weight is 229 g/mol. The van der Waals surface area contributed by atoms with E-state index in [1.165, 1.54) is 19.4 Å². The van der Waals surface area contributed by atoms with Crippen LogP contribution in [0.25, 0.3) is 0 Å². The quantitative estimate of drug-likeness (QED) is 0.661. The Kier molecular flexibility index (Phi) is 5.18. The normalized spacial score (nSPS) is 23.9. The fourth-order valence-electron chi connectivity index (χ4n) is 2.14. The molecular weight excluding hydrogens is 206 g/mol. The predicted molar refractivity (Wildman–Crippen MR) is 63.4 cm³/mol. The molecule has 1 aliphatic rings. The van der Waals surface area contributed by atoms with E-state index in [1.807, 2.05) is 7.05 Å². The molecule has 2 atom stereocenters. The SMILES string of the molecule is CN(CCC(N)C(=O)O)CC1CCCN1C. The van der Waals surface area contributed by atoms with Gasteiger partial charge in [0.1, 0.15) is 6.04 Å². The van der Waals surface area contributed by atoms with Crippen LogP contribution in [0.4, 0.5) is 0 Å². The van der Waals surface area contributed by atoms with Crippen LogP contribution in [0.3, 0.4) is 0 Å². The van der Waals surface area contributed by atoms with Crippen LogP contribution >= 0.6 is 0 Å². The van der Waals surface area contributed by atoms with Crippen molar-refractivity contribution in [2.24, 2.45) is 5.73 Å². The van der Waals surface area contributed by atoms with E-state index in [-0.39, 0.29) is 0 Å². The third kappa shape index (κ3) is 4.08. The van der Waals surface area contributed by atoms with Gasteiger partial charge < -0.3 is 20.6 Å². The number of hydrogen-bond acceptors (Lipinski definition) is 4. The molecule has 0 aromatic carbocycles. The number of carbonyl (C=O) groups is 1. The van der Waals surface area contributed by atoms with Crippen molar-refractivity contribution in [1.82, 2.24) is 9.80 Å². The molecule has 0 amide bonds. The zero-order valence-corrected chi connectivity index (χ0v) is 10.2. The molecule has 5 nitrogen and oxygen atoms in total. The summed E-state index contributed by atoms with van der Waals surface area (Å²) in [7, 11) is 4.18. The summed E-state index contributed by atoms with van der Waals surface area (Å²) in [6, 6.07) is -0.116. The molecule has 1 aliphatic heterocycles. The number of nitrogens with zero attached hydrogens (tertiary/aromatic N) is 2. The van der Waals surface area contributed by atoms with Crippen molar-refractivity contribution >= 4 is 5.97 Å². The Morgan fingerprint density at radius 2 is 2.38 bits per heavy atom. The van der Waals surface area contributed by atoms with Gasteiger partial charge in [-0.1, -0.05) is 0 Å². The third-order valence-corrected chi connectivity index (χ3v) is 3.33. The summed E-state index contributed by atoms with van der Waals surface area (Å²) in [5.41, 5.74) is 5.46. The Labute approximate surface area is 97.2 Å². The highest BCUT2D eigenvalue weighted by atomic mass is 16.4. The number of carboxylic acid groups (broad SMARTS) is 1. The maximum atomic E-state index is 10.6. The van der Waals surface area contributed by atoms with Gasteiger partial charge in [0.25, 0.3) is 0 Å². The van der Waals surface area contributed by atoms with Gasteiger partial charge >= 0.3 is 5.97 Å². The van der Waals surface area contributed by atoms with E-state index in [2.05, 4.69) is 16.8 Å². The van der Waals surface area contributed by atoms with Crippen LogP contribution in [-0.2, 0) is 4.79 Å². The van der Waals surface area contributed by atoms with Crippen LogP contribution in [-0.4, -0.2) is 66.7 Å². The summed E-state index contributed by atoms with van der Waals surface area (Å²) in [4.78, 5) is 15.1. The molecule has 0 aliphatic carbocycles. The molecule has 3 N–H and O–H groups in total. The highest BCUT2D eigenvalue weighted by Gasteiger charge is 2.22. The molecule has 94 valence electrons. The van der Waals surface area contributed by atoms with Crippen molar-refractivity contribution in [1.29, 1.82) is 0 Å². The maximum absolute atomic E-state index is 10.6. The number of hydrogen-bond donors (Lipinski definition) is 2. The molecule has 0 aromatic heterocycles. The number of nitrogens with two attached hydrogens (primary N) is 1. The molecule has 0 radical (unpaired) electrons. The highest BCUT2D eigenvalue weighted by Crippen LogP contribution is 2.15. The lowest BCUT2D eigenvalue weighted by molar-refractivity contribution is -0.138. The van der Waals surface area contributed by atoms with Crippen LogP contribution in [0.1, 0.15) is 19.3 Å². The summed E-state index contributed by atoms with van der Waals surface area (Å²) in [6.07, 6.45) is 3.03. The molecule has 5 heteroatoms. The zero-order chi connectivity index (χ0) is 12.1. The second-order valence-electron chi connectivity index (χ2n) is 4.77. The fraction of sp³-hybridized carbons (Fsp3) is 0.909. The second-order valence-corrected chi connectivity index (χ2v) is 4.77. The number of likely N-dealkylation sites (tertiary alicyclic amines) is 1. The predicted octanol–water partition coefficient (Wildman–Crippen LogP) is -0.186. The Morgan fingerprint density at radius 1 is 1.69 bits per heavy atom. The van der Waals surface area contributed by atoms with Gasteiger partial charge in [-0.05, 0) is 46.4 Å². The van der Waals surface area contributed by atoms with E-state index < -0.39 is 12.0 Å². The zero-order valence-electron chi connectivity index (χ0n) is 10.2. The average Bonchev–Trinajstić information content (AvgIpc) is 2.60. The molecule has 0 saturated carbocycles. The molecule has 1 heterocycles. The third-order valence-electron chi connectivity index (χ3n) is 3.33. The van der Waals surface area contributed by atoms with Crippen molar-refractivity contribution in [2.75, 3.05) is 33.7 Å². The first-order valence-electron chi connectivity index (χ1n) is 5.88. The number of carboxylic acids is 1. The lowest BCUT2D eigenvalue weighted by atomic mass is 10.2. The molecule has 1 fully saturated rings. The first-order chi connectivity index (χ1) is 7.50. The second kappa shape index (κ2) is 6.18. The van der Waals surface area contributed by atoms with Gasteiger partial charge in [0.15, 0.2) is 0 Å². The minimum atomic E-state index is -0.911. The lowest BCUT2D eigenvalue weighted by Gasteiger charge is -2.26. The molecule has 1 rings (SSSR count). The summed E-state index contributed by atoms with van der Waals surface area (Å²) in [5, 5.41) is 8.67. The van der Waals surface area contributed by atoms with Gasteiger partial charge in [0.05, 0.1) is 0 Å². The number of likely N-dealkylation sites (N-methyl/N-ethyl adjacent to an activating group) is 2. The summed E-state index contributed by atoms with van der Waals surface area (Å²) in [5.74, 6) is -0.911. The van der Waals surface area contributed by atoms with Gasteiger partial charge in [-0.2, -0.15) is 0 Å². The van der Waals surface area contributed by atoms with Gasteiger partial charge in [-0.3, -0.25) is 4.79 Å². The largest absolute Gasteiger partial charge is 0.480 e. The molecule has 0 bridgehead atoms. The van der Waals surface area contributed by atoms with E-state index in [0.29, 0.717) is 12.5 Å². The fourth-order valence-corrected chi connectivity index (χ4v) is 2.14. The number of rotatable bonds is 6. The van der Waals surface area contributed by atoms with Crippen LogP contribution < -0.4 is 5.73 Å². The van der Waals surface area contributed by atoms with Crippen LogP contribution in [0, 0.1) is 0 Å². The van der Waals surface area contributed by atoms with Crippen LogP contribution in [0.2, 0.25) is 0 Å². The first-order valence-corrected chi connectivity index (χ1v) is 5.88.